The third kappa shape index (κ3) is 7.96. The molecule has 0 bridgehead atoms. The third-order valence-corrected chi connectivity index (χ3v) is 3.70. The number of amides is 2. The topological polar surface area (TPSA) is 137 Å². The normalized spacial score (nSPS) is 13.9. The molecule has 3 atom stereocenters. The molecule has 0 aliphatic heterocycles. The van der Waals surface area contributed by atoms with Crippen LogP contribution in [0.3, 0.4) is 0 Å². The molecule has 2 N–H and O–H groups in total. The number of ether oxygens (including phenoxy) is 1. The van der Waals surface area contributed by atoms with Gasteiger partial charge in [0, 0.05) is 26.8 Å². The van der Waals surface area contributed by atoms with Crippen LogP contribution < -0.4 is 5.32 Å². The Morgan fingerprint density at radius 3 is 2.23 bits per heavy atom. The summed E-state index contributed by atoms with van der Waals surface area (Å²) < 4.78 is 4.92. The maximum Gasteiger partial charge on any atom is 0.345 e. The number of rotatable bonds is 10. The Kier molecular flexibility index (Phi) is 9.96. The standard InChI is InChI=1S/C17H27N3O6/c1-10(2)9-13(19-12(4)21)15(22)20(5)11(3)17(25)26-14(16(23)24)7-6-8-18/h10-11,13-14H,6-7,9H2,1-5H3,(H,19,21)(H,23,24)/t11-,13-,14+/m0/s1. The first-order chi connectivity index (χ1) is 12.0. The largest absolute Gasteiger partial charge is 0.479 e. The van der Waals surface area contributed by atoms with E-state index in [2.05, 4.69) is 5.32 Å². The number of carbonyl (C=O) groups excluding carboxylic acids is 3. The molecule has 0 heterocycles. The monoisotopic (exact) mass is 369 g/mol. The zero-order chi connectivity index (χ0) is 20.4. The molecule has 0 radical (unpaired) electrons. The highest BCUT2D eigenvalue weighted by Crippen LogP contribution is 2.12. The number of aliphatic carboxylic acids is 1. The predicted molar refractivity (Wildman–Crippen MR) is 91.7 cm³/mol. The maximum atomic E-state index is 12.6. The second-order valence-corrected chi connectivity index (χ2v) is 6.47. The second kappa shape index (κ2) is 11.1. The number of esters is 1. The minimum atomic E-state index is -1.45. The lowest BCUT2D eigenvalue weighted by Crippen LogP contribution is -2.52. The fourth-order valence-corrected chi connectivity index (χ4v) is 2.20. The van der Waals surface area contributed by atoms with Crippen molar-refractivity contribution >= 4 is 23.8 Å². The van der Waals surface area contributed by atoms with Gasteiger partial charge in [-0.15, -0.1) is 0 Å². The Labute approximate surface area is 153 Å². The quantitative estimate of drug-likeness (QED) is 0.540. The van der Waals surface area contributed by atoms with E-state index in [1.54, 1.807) is 6.07 Å². The number of nitrogens with one attached hydrogen (secondary N) is 1. The summed E-state index contributed by atoms with van der Waals surface area (Å²) in [6, 6.07) is -0.0482. The molecule has 0 spiro atoms. The van der Waals surface area contributed by atoms with Crippen molar-refractivity contribution < 1.29 is 29.0 Å². The summed E-state index contributed by atoms with van der Waals surface area (Å²) in [7, 11) is 1.38. The molecule has 0 aromatic carbocycles. The number of carbonyl (C=O) groups is 4. The van der Waals surface area contributed by atoms with Crippen LogP contribution in [-0.2, 0) is 23.9 Å². The van der Waals surface area contributed by atoms with Crippen molar-refractivity contribution in [2.24, 2.45) is 5.92 Å². The summed E-state index contributed by atoms with van der Waals surface area (Å²) in [6.45, 7) is 6.49. The van der Waals surface area contributed by atoms with E-state index in [0.717, 1.165) is 4.90 Å². The minimum absolute atomic E-state index is 0.0770. The Bertz CT molecular complexity index is 569. The van der Waals surface area contributed by atoms with Crippen LogP contribution >= 0.6 is 0 Å². The Morgan fingerprint density at radius 2 is 1.81 bits per heavy atom. The van der Waals surface area contributed by atoms with E-state index < -0.39 is 36.0 Å². The van der Waals surface area contributed by atoms with Crippen LogP contribution in [0.2, 0.25) is 0 Å². The molecule has 0 saturated carbocycles. The van der Waals surface area contributed by atoms with E-state index in [0.29, 0.717) is 6.42 Å². The van der Waals surface area contributed by atoms with E-state index >= 15 is 0 Å². The van der Waals surface area contributed by atoms with Crippen molar-refractivity contribution in [3.8, 4) is 6.07 Å². The van der Waals surface area contributed by atoms with Gasteiger partial charge in [-0.3, -0.25) is 9.59 Å². The SMILES string of the molecule is CC(=O)N[C@@H](CC(C)C)C(=O)N(C)[C@@H](C)C(=O)O[C@H](CCC#N)C(=O)O. The smallest absolute Gasteiger partial charge is 0.345 e. The highest BCUT2D eigenvalue weighted by Gasteiger charge is 2.32. The summed E-state index contributed by atoms with van der Waals surface area (Å²) in [4.78, 5) is 48.3. The molecule has 0 fully saturated rings. The molecule has 9 nitrogen and oxygen atoms in total. The van der Waals surface area contributed by atoms with Crippen molar-refractivity contribution in [1.29, 1.82) is 5.26 Å². The average Bonchev–Trinajstić information content (AvgIpc) is 2.54. The third-order valence-electron chi connectivity index (χ3n) is 3.70. The van der Waals surface area contributed by atoms with Gasteiger partial charge < -0.3 is 20.1 Å². The van der Waals surface area contributed by atoms with E-state index in [9.17, 15) is 19.2 Å². The van der Waals surface area contributed by atoms with E-state index in [4.69, 9.17) is 15.1 Å². The highest BCUT2D eigenvalue weighted by molar-refractivity contribution is 5.90. The lowest BCUT2D eigenvalue weighted by molar-refractivity contribution is -0.169. The number of hydrogen-bond acceptors (Lipinski definition) is 6. The summed E-state index contributed by atoms with van der Waals surface area (Å²) in [5.74, 6) is -2.95. The molecule has 0 aromatic rings. The number of nitriles is 1. The first kappa shape index (κ1) is 23.4. The molecule has 0 aliphatic carbocycles. The van der Waals surface area contributed by atoms with Crippen molar-refractivity contribution in [3.05, 3.63) is 0 Å². The van der Waals surface area contributed by atoms with Gasteiger partial charge in [0.05, 0.1) is 6.07 Å². The van der Waals surface area contributed by atoms with Crippen LogP contribution in [-0.4, -0.2) is 59.0 Å². The summed E-state index contributed by atoms with van der Waals surface area (Å²) in [5, 5.41) is 20.1. The number of nitrogens with zero attached hydrogens (tertiary/aromatic N) is 2. The van der Waals surface area contributed by atoms with Gasteiger partial charge in [-0.1, -0.05) is 13.8 Å². The Balaban J connectivity index is 5.07. The molecule has 9 heteroatoms. The van der Waals surface area contributed by atoms with Gasteiger partial charge >= 0.3 is 11.9 Å². The molecule has 26 heavy (non-hydrogen) atoms. The number of carboxylic acids is 1. The van der Waals surface area contributed by atoms with Crippen molar-refractivity contribution in [3.63, 3.8) is 0 Å². The summed E-state index contributed by atoms with van der Waals surface area (Å²) in [6.07, 6.45) is -1.27. The molecular weight excluding hydrogens is 342 g/mol. The van der Waals surface area contributed by atoms with Gasteiger partial charge in [0.1, 0.15) is 12.1 Å². The number of likely N-dealkylation sites (N-methyl/N-ethyl adjacent to an activating group) is 1. The summed E-state index contributed by atoms with van der Waals surface area (Å²) in [5.41, 5.74) is 0. The van der Waals surface area contributed by atoms with Crippen molar-refractivity contribution in [2.45, 2.75) is 65.1 Å². The van der Waals surface area contributed by atoms with Gasteiger partial charge in [-0.25, -0.2) is 9.59 Å². The first-order valence-corrected chi connectivity index (χ1v) is 8.35. The second-order valence-electron chi connectivity index (χ2n) is 6.47. The first-order valence-electron chi connectivity index (χ1n) is 8.35. The van der Waals surface area contributed by atoms with Crippen LogP contribution in [0.5, 0.6) is 0 Å². The van der Waals surface area contributed by atoms with Crippen molar-refractivity contribution in [2.75, 3.05) is 7.05 Å². The van der Waals surface area contributed by atoms with Gasteiger partial charge in [0.2, 0.25) is 11.8 Å². The van der Waals surface area contributed by atoms with Gasteiger partial charge in [0.15, 0.2) is 6.10 Å². The molecule has 0 saturated heterocycles. The summed E-state index contributed by atoms with van der Waals surface area (Å²) >= 11 is 0. The lowest BCUT2D eigenvalue weighted by atomic mass is 10.0. The van der Waals surface area contributed by atoms with Crippen LogP contribution in [0.1, 0.15) is 47.0 Å². The van der Waals surface area contributed by atoms with E-state index in [-0.39, 0.29) is 24.7 Å². The molecule has 0 rings (SSSR count). The van der Waals surface area contributed by atoms with Crippen LogP contribution in [0.4, 0.5) is 0 Å². The van der Waals surface area contributed by atoms with Crippen LogP contribution in [0, 0.1) is 17.2 Å². The Hall–Kier alpha value is -2.63. The van der Waals surface area contributed by atoms with E-state index in [1.165, 1.54) is 20.9 Å². The van der Waals surface area contributed by atoms with Crippen LogP contribution in [0.15, 0.2) is 0 Å². The highest BCUT2D eigenvalue weighted by atomic mass is 16.6. The maximum absolute atomic E-state index is 12.6. The fourth-order valence-electron chi connectivity index (χ4n) is 2.20. The average molecular weight is 369 g/mol. The molecule has 146 valence electrons. The zero-order valence-corrected chi connectivity index (χ0v) is 15.8. The molecular formula is C17H27N3O6. The van der Waals surface area contributed by atoms with Crippen molar-refractivity contribution in [1.82, 2.24) is 10.2 Å². The van der Waals surface area contributed by atoms with E-state index in [1.807, 2.05) is 13.8 Å². The molecule has 0 aromatic heterocycles. The van der Waals surface area contributed by atoms with Crippen LogP contribution in [0.25, 0.3) is 0 Å². The number of carboxylic acid groups (broad SMARTS) is 1. The fraction of sp³-hybridized carbons (Fsp3) is 0.706. The lowest BCUT2D eigenvalue weighted by Gasteiger charge is -2.29. The predicted octanol–water partition coefficient (Wildman–Crippen LogP) is 0.684. The Morgan fingerprint density at radius 1 is 1.23 bits per heavy atom. The minimum Gasteiger partial charge on any atom is -0.479 e. The number of hydrogen-bond donors (Lipinski definition) is 2. The molecule has 2 amide bonds. The molecule has 0 unspecified atom stereocenters. The van der Waals surface area contributed by atoms with Gasteiger partial charge in [0.25, 0.3) is 0 Å². The van der Waals surface area contributed by atoms with Gasteiger partial charge in [-0.2, -0.15) is 5.26 Å². The molecule has 0 aliphatic rings. The van der Waals surface area contributed by atoms with Gasteiger partial charge in [-0.05, 0) is 19.3 Å². The zero-order valence-electron chi connectivity index (χ0n) is 15.8.